The van der Waals surface area contributed by atoms with Crippen molar-refractivity contribution < 1.29 is 9.13 Å². The fraction of sp³-hybridized carbons (Fsp3) is 0.412. The number of rotatable bonds is 7. The fourth-order valence-electron chi connectivity index (χ4n) is 2.54. The highest BCUT2D eigenvalue weighted by molar-refractivity contribution is 5.39. The van der Waals surface area contributed by atoms with Crippen LogP contribution in [0, 0.1) is 5.82 Å². The minimum Gasteiger partial charge on any atom is -0.376 e. The number of ether oxygens (including phenoxy) is 1. The maximum Gasteiger partial charge on any atom is 0.224 e. The van der Waals surface area contributed by atoms with Gasteiger partial charge < -0.3 is 15.4 Å². The molecule has 1 aliphatic heterocycles. The second kappa shape index (κ2) is 7.87. The van der Waals surface area contributed by atoms with Gasteiger partial charge in [0.1, 0.15) is 11.6 Å². The van der Waals surface area contributed by atoms with Crippen molar-refractivity contribution in [2.24, 2.45) is 0 Å². The van der Waals surface area contributed by atoms with E-state index in [4.69, 9.17) is 4.74 Å². The molecule has 0 radical (unpaired) electrons. The Bertz CT molecular complexity index is 614. The molecule has 0 spiro atoms. The van der Waals surface area contributed by atoms with Gasteiger partial charge in [-0.1, -0.05) is 12.1 Å². The maximum absolute atomic E-state index is 12.9. The average molecular weight is 316 g/mol. The maximum atomic E-state index is 12.9. The number of nitrogens with one attached hydrogen (secondary N) is 2. The molecule has 0 bridgehead atoms. The summed E-state index contributed by atoms with van der Waals surface area (Å²) in [6, 6.07) is 8.39. The SMILES string of the molecule is Fc1ccc(CCNc2ccnc(NCC3CCCO3)n2)cc1. The lowest BCUT2D eigenvalue weighted by Gasteiger charge is -2.11. The molecule has 1 aromatic carbocycles. The number of benzene rings is 1. The van der Waals surface area contributed by atoms with E-state index in [0.717, 1.165) is 50.3 Å². The van der Waals surface area contributed by atoms with Crippen molar-refractivity contribution in [1.82, 2.24) is 9.97 Å². The molecule has 1 aliphatic rings. The van der Waals surface area contributed by atoms with E-state index in [1.54, 1.807) is 18.3 Å². The lowest BCUT2D eigenvalue weighted by Crippen LogP contribution is -2.19. The van der Waals surface area contributed by atoms with Crippen LogP contribution in [-0.2, 0) is 11.2 Å². The topological polar surface area (TPSA) is 59.1 Å². The highest BCUT2D eigenvalue weighted by atomic mass is 19.1. The van der Waals surface area contributed by atoms with E-state index in [0.29, 0.717) is 5.95 Å². The standard InChI is InChI=1S/C17H21FN4O/c18-14-5-3-13(4-6-14)7-9-19-16-8-10-20-17(22-16)21-12-15-2-1-11-23-15/h3-6,8,10,15H,1-2,7,9,11-12H2,(H2,19,20,21,22). The largest absolute Gasteiger partial charge is 0.376 e. The average Bonchev–Trinajstić information content (AvgIpc) is 3.09. The van der Waals surface area contributed by atoms with E-state index < -0.39 is 0 Å². The third kappa shape index (κ3) is 4.89. The molecule has 3 rings (SSSR count). The molecule has 23 heavy (non-hydrogen) atoms. The van der Waals surface area contributed by atoms with Gasteiger partial charge in [0.15, 0.2) is 0 Å². The molecule has 122 valence electrons. The van der Waals surface area contributed by atoms with Crippen molar-refractivity contribution >= 4 is 11.8 Å². The fourth-order valence-corrected chi connectivity index (χ4v) is 2.54. The van der Waals surface area contributed by atoms with Crippen molar-refractivity contribution in [2.45, 2.75) is 25.4 Å². The number of aromatic nitrogens is 2. The summed E-state index contributed by atoms with van der Waals surface area (Å²) in [5.74, 6) is 1.17. The van der Waals surface area contributed by atoms with E-state index in [1.807, 2.05) is 6.07 Å². The van der Waals surface area contributed by atoms with Gasteiger partial charge in [-0.25, -0.2) is 9.37 Å². The summed E-state index contributed by atoms with van der Waals surface area (Å²) >= 11 is 0. The van der Waals surface area contributed by atoms with Gasteiger partial charge in [0.05, 0.1) is 6.10 Å². The van der Waals surface area contributed by atoms with E-state index >= 15 is 0 Å². The first-order valence-corrected chi connectivity index (χ1v) is 7.96. The molecular weight excluding hydrogens is 295 g/mol. The molecule has 5 nitrogen and oxygen atoms in total. The molecule has 1 unspecified atom stereocenters. The Balaban J connectivity index is 1.46. The predicted molar refractivity (Wildman–Crippen MR) is 88.1 cm³/mol. The normalized spacial score (nSPS) is 17.2. The van der Waals surface area contributed by atoms with Crippen LogP contribution in [0.2, 0.25) is 0 Å². The second-order valence-electron chi connectivity index (χ2n) is 5.58. The summed E-state index contributed by atoms with van der Waals surface area (Å²) in [6.45, 7) is 2.31. The third-order valence-corrected chi connectivity index (χ3v) is 3.80. The van der Waals surface area contributed by atoms with Crippen molar-refractivity contribution in [3.8, 4) is 0 Å². The van der Waals surface area contributed by atoms with Crippen LogP contribution < -0.4 is 10.6 Å². The first-order valence-electron chi connectivity index (χ1n) is 7.96. The molecule has 1 atom stereocenters. The molecule has 2 N–H and O–H groups in total. The zero-order valence-electron chi connectivity index (χ0n) is 13.0. The quantitative estimate of drug-likeness (QED) is 0.822. The summed E-state index contributed by atoms with van der Waals surface area (Å²) in [5, 5.41) is 6.47. The van der Waals surface area contributed by atoms with E-state index in [2.05, 4.69) is 20.6 Å². The zero-order valence-corrected chi connectivity index (χ0v) is 13.0. The van der Waals surface area contributed by atoms with Gasteiger partial charge in [-0.15, -0.1) is 0 Å². The van der Waals surface area contributed by atoms with Crippen LogP contribution in [0.25, 0.3) is 0 Å². The monoisotopic (exact) mass is 316 g/mol. The first-order chi connectivity index (χ1) is 11.3. The number of nitrogens with zero attached hydrogens (tertiary/aromatic N) is 2. The van der Waals surface area contributed by atoms with Gasteiger partial charge >= 0.3 is 0 Å². The van der Waals surface area contributed by atoms with Crippen molar-refractivity contribution in [3.63, 3.8) is 0 Å². The summed E-state index contributed by atoms with van der Waals surface area (Å²) in [5.41, 5.74) is 1.09. The number of halogens is 1. The summed E-state index contributed by atoms with van der Waals surface area (Å²) in [7, 11) is 0. The summed E-state index contributed by atoms with van der Waals surface area (Å²) < 4.78 is 18.4. The lowest BCUT2D eigenvalue weighted by atomic mass is 10.1. The lowest BCUT2D eigenvalue weighted by molar-refractivity contribution is 0.120. The van der Waals surface area contributed by atoms with E-state index in [-0.39, 0.29) is 11.9 Å². The number of hydrogen-bond acceptors (Lipinski definition) is 5. The zero-order chi connectivity index (χ0) is 15.9. The Morgan fingerprint density at radius 2 is 2.04 bits per heavy atom. The van der Waals surface area contributed by atoms with E-state index in [1.165, 1.54) is 12.1 Å². The van der Waals surface area contributed by atoms with Gasteiger partial charge in [0, 0.05) is 25.9 Å². The summed E-state index contributed by atoms with van der Waals surface area (Å²) in [6.07, 6.45) is 5.00. The van der Waals surface area contributed by atoms with Crippen molar-refractivity contribution in [2.75, 3.05) is 30.3 Å². The molecule has 1 fully saturated rings. The molecule has 2 aromatic rings. The smallest absolute Gasteiger partial charge is 0.224 e. The Hall–Kier alpha value is -2.21. The Kier molecular flexibility index (Phi) is 5.37. The molecule has 0 amide bonds. The molecule has 2 heterocycles. The number of hydrogen-bond donors (Lipinski definition) is 2. The van der Waals surface area contributed by atoms with Crippen LogP contribution in [0.5, 0.6) is 0 Å². The summed E-state index contributed by atoms with van der Waals surface area (Å²) in [4.78, 5) is 8.65. The highest BCUT2D eigenvalue weighted by Gasteiger charge is 2.15. The highest BCUT2D eigenvalue weighted by Crippen LogP contribution is 2.13. The van der Waals surface area contributed by atoms with Crippen LogP contribution in [-0.4, -0.2) is 35.8 Å². The molecule has 6 heteroatoms. The minimum atomic E-state index is -0.209. The Morgan fingerprint density at radius 3 is 2.83 bits per heavy atom. The number of anilines is 2. The van der Waals surface area contributed by atoms with Crippen LogP contribution >= 0.6 is 0 Å². The molecule has 1 saturated heterocycles. The second-order valence-corrected chi connectivity index (χ2v) is 5.58. The van der Waals surface area contributed by atoms with Gasteiger partial charge in [-0.2, -0.15) is 4.98 Å². The van der Waals surface area contributed by atoms with Crippen molar-refractivity contribution in [1.29, 1.82) is 0 Å². The molecule has 1 aromatic heterocycles. The van der Waals surface area contributed by atoms with Gasteiger partial charge in [0.2, 0.25) is 5.95 Å². The van der Waals surface area contributed by atoms with Gasteiger partial charge in [0.25, 0.3) is 0 Å². The van der Waals surface area contributed by atoms with Gasteiger partial charge in [-0.3, -0.25) is 0 Å². The predicted octanol–water partition coefficient (Wildman–Crippen LogP) is 2.86. The Morgan fingerprint density at radius 1 is 1.17 bits per heavy atom. The van der Waals surface area contributed by atoms with Crippen LogP contribution in [0.15, 0.2) is 36.5 Å². The molecular formula is C17H21FN4O. The van der Waals surface area contributed by atoms with E-state index in [9.17, 15) is 4.39 Å². The van der Waals surface area contributed by atoms with Crippen molar-refractivity contribution in [3.05, 3.63) is 47.9 Å². The van der Waals surface area contributed by atoms with Crippen LogP contribution in [0.1, 0.15) is 18.4 Å². The van der Waals surface area contributed by atoms with Gasteiger partial charge in [-0.05, 0) is 43.0 Å². The first kappa shape index (κ1) is 15.7. The third-order valence-electron chi connectivity index (χ3n) is 3.80. The Labute approximate surface area is 135 Å². The minimum absolute atomic E-state index is 0.209. The van der Waals surface area contributed by atoms with Crippen LogP contribution in [0.4, 0.5) is 16.2 Å². The molecule has 0 aliphatic carbocycles. The molecule has 0 saturated carbocycles. The van der Waals surface area contributed by atoms with Crippen LogP contribution in [0.3, 0.4) is 0 Å².